The van der Waals surface area contributed by atoms with Crippen LogP contribution in [0.4, 0.5) is 4.79 Å². The normalized spacial score (nSPS) is 21.4. The first-order valence-corrected chi connectivity index (χ1v) is 6.40. The Labute approximate surface area is 116 Å². The Morgan fingerprint density at radius 1 is 0.900 bits per heavy atom. The summed E-state index contributed by atoms with van der Waals surface area (Å²) in [6, 6.07) is 16.4. The van der Waals surface area contributed by atoms with Gasteiger partial charge in [0.05, 0.1) is 0 Å². The molecule has 3 amide bonds. The van der Waals surface area contributed by atoms with Gasteiger partial charge in [-0.15, -0.1) is 0 Å². The number of urea groups is 1. The summed E-state index contributed by atoms with van der Waals surface area (Å²) >= 11 is 0. The summed E-state index contributed by atoms with van der Waals surface area (Å²) in [5.74, 6) is -0.344. The molecule has 0 spiro atoms. The van der Waals surface area contributed by atoms with Crippen LogP contribution >= 0.6 is 0 Å². The van der Waals surface area contributed by atoms with E-state index >= 15 is 0 Å². The van der Waals surface area contributed by atoms with Crippen molar-refractivity contribution in [2.75, 3.05) is 0 Å². The van der Waals surface area contributed by atoms with Crippen molar-refractivity contribution in [1.82, 2.24) is 10.6 Å². The summed E-state index contributed by atoms with van der Waals surface area (Å²) in [6.07, 6.45) is 0. The zero-order chi connectivity index (χ0) is 14.2. The number of carbonyl (C=O) groups is 2. The van der Waals surface area contributed by atoms with Crippen LogP contribution in [0.1, 0.15) is 16.7 Å². The van der Waals surface area contributed by atoms with E-state index in [1.165, 1.54) is 0 Å². The van der Waals surface area contributed by atoms with Crippen molar-refractivity contribution in [3.63, 3.8) is 0 Å². The molecule has 20 heavy (non-hydrogen) atoms. The molecular weight excluding hydrogens is 252 g/mol. The maximum Gasteiger partial charge on any atom is 0.322 e. The van der Waals surface area contributed by atoms with Crippen LogP contribution in [0.25, 0.3) is 0 Å². The van der Waals surface area contributed by atoms with Crippen molar-refractivity contribution in [2.45, 2.75) is 12.5 Å². The minimum absolute atomic E-state index is 0.344. The topological polar surface area (TPSA) is 58.2 Å². The highest BCUT2D eigenvalue weighted by Gasteiger charge is 2.49. The van der Waals surface area contributed by atoms with E-state index in [1.807, 2.05) is 61.5 Å². The lowest BCUT2D eigenvalue weighted by Gasteiger charge is -2.28. The fourth-order valence-electron chi connectivity index (χ4n) is 2.69. The number of nitrogens with one attached hydrogen (secondary N) is 2. The third-order valence-corrected chi connectivity index (χ3v) is 3.62. The van der Waals surface area contributed by atoms with E-state index in [-0.39, 0.29) is 5.91 Å². The monoisotopic (exact) mass is 266 g/mol. The molecule has 2 N–H and O–H groups in total. The zero-order valence-corrected chi connectivity index (χ0v) is 11.0. The molecule has 2 aromatic carbocycles. The van der Waals surface area contributed by atoms with E-state index in [0.29, 0.717) is 0 Å². The van der Waals surface area contributed by atoms with Crippen molar-refractivity contribution in [3.8, 4) is 0 Å². The molecule has 3 rings (SSSR count). The molecular formula is C16H14N2O2. The number of rotatable bonds is 2. The van der Waals surface area contributed by atoms with Crippen LogP contribution in [-0.2, 0) is 10.3 Å². The van der Waals surface area contributed by atoms with Gasteiger partial charge < -0.3 is 5.32 Å². The van der Waals surface area contributed by atoms with Crippen LogP contribution < -0.4 is 10.6 Å². The molecule has 100 valence electrons. The molecule has 2 aromatic rings. The molecule has 1 saturated heterocycles. The van der Waals surface area contributed by atoms with E-state index in [9.17, 15) is 9.59 Å². The van der Waals surface area contributed by atoms with Gasteiger partial charge >= 0.3 is 6.03 Å². The summed E-state index contributed by atoms with van der Waals surface area (Å²) in [5, 5.41) is 5.13. The second-order valence-corrected chi connectivity index (χ2v) is 4.84. The summed E-state index contributed by atoms with van der Waals surface area (Å²) in [4.78, 5) is 24.1. The summed E-state index contributed by atoms with van der Waals surface area (Å²) < 4.78 is 0. The number of amides is 3. The van der Waals surface area contributed by atoms with Crippen molar-refractivity contribution in [3.05, 3.63) is 71.3 Å². The molecule has 0 radical (unpaired) electrons. The molecule has 4 heteroatoms. The lowest BCUT2D eigenvalue weighted by atomic mass is 9.81. The lowest BCUT2D eigenvalue weighted by molar-refractivity contribution is -0.122. The van der Waals surface area contributed by atoms with Gasteiger partial charge in [0.2, 0.25) is 0 Å². The van der Waals surface area contributed by atoms with Gasteiger partial charge in [-0.3, -0.25) is 10.1 Å². The minimum atomic E-state index is -1.15. The van der Waals surface area contributed by atoms with Crippen LogP contribution in [0.15, 0.2) is 54.6 Å². The molecule has 0 unspecified atom stereocenters. The Morgan fingerprint density at radius 3 is 2.15 bits per heavy atom. The summed E-state index contributed by atoms with van der Waals surface area (Å²) in [5.41, 5.74) is 1.34. The maximum absolute atomic E-state index is 12.5. The molecule has 0 aliphatic carbocycles. The van der Waals surface area contributed by atoms with E-state index in [4.69, 9.17) is 0 Å². The predicted molar refractivity (Wildman–Crippen MR) is 75.1 cm³/mol. The number of benzene rings is 2. The lowest BCUT2D eigenvalue weighted by Crippen LogP contribution is -2.45. The SMILES string of the molecule is Cc1ccccc1[C@@]1(c2ccccc2)NC(=O)NC1=O. The van der Waals surface area contributed by atoms with Gasteiger partial charge in [-0.05, 0) is 23.6 Å². The largest absolute Gasteiger partial charge is 0.322 e. The molecule has 0 bridgehead atoms. The van der Waals surface area contributed by atoms with Gasteiger partial charge in [0.15, 0.2) is 5.54 Å². The molecule has 1 aliphatic heterocycles. The first-order valence-electron chi connectivity index (χ1n) is 6.40. The highest BCUT2D eigenvalue weighted by molar-refractivity contribution is 6.09. The number of hydrogen-bond donors (Lipinski definition) is 2. The number of aryl methyl sites for hydroxylation is 1. The first kappa shape index (κ1) is 12.4. The van der Waals surface area contributed by atoms with Gasteiger partial charge in [-0.25, -0.2) is 4.79 Å². The number of imide groups is 1. The number of hydrogen-bond acceptors (Lipinski definition) is 2. The minimum Gasteiger partial charge on any atom is -0.316 e. The van der Waals surface area contributed by atoms with Gasteiger partial charge in [-0.1, -0.05) is 54.6 Å². The van der Waals surface area contributed by atoms with Crippen LogP contribution in [-0.4, -0.2) is 11.9 Å². The van der Waals surface area contributed by atoms with Crippen LogP contribution in [0.2, 0.25) is 0 Å². The third kappa shape index (κ3) is 1.69. The molecule has 0 saturated carbocycles. The Hall–Kier alpha value is -2.62. The Kier molecular flexibility index (Phi) is 2.79. The molecule has 1 heterocycles. The van der Waals surface area contributed by atoms with Crippen LogP contribution in [0, 0.1) is 6.92 Å². The van der Waals surface area contributed by atoms with Gasteiger partial charge in [0, 0.05) is 0 Å². The van der Waals surface area contributed by atoms with Crippen molar-refractivity contribution < 1.29 is 9.59 Å². The van der Waals surface area contributed by atoms with Crippen molar-refractivity contribution in [1.29, 1.82) is 0 Å². The second kappa shape index (κ2) is 4.49. The van der Waals surface area contributed by atoms with E-state index in [0.717, 1.165) is 16.7 Å². The van der Waals surface area contributed by atoms with E-state index in [2.05, 4.69) is 10.6 Å². The fraction of sp³-hybridized carbons (Fsp3) is 0.125. The Morgan fingerprint density at radius 2 is 1.55 bits per heavy atom. The van der Waals surface area contributed by atoms with E-state index < -0.39 is 11.6 Å². The first-order chi connectivity index (χ1) is 9.64. The molecule has 1 atom stereocenters. The Bertz CT molecular complexity index is 682. The van der Waals surface area contributed by atoms with Crippen LogP contribution in [0.3, 0.4) is 0 Å². The standard InChI is InChI=1S/C16H14N2O2/c1-11-7-5-6-10-13(11)16(12-8-3-2-4-9-12)14(19)17-15(20)18-16/h2-10H,1H3,(H2,17,18,19,20)/t16-/m1/s1. The molecule has 0 aromatic heterocycles. The molecule has 4 nitrogen and oxygen atoms in total. The van der Waals surface area contributed by atoms with Crippen molar-refractivity contribution in [2.24, 2.45) is 0 Å². The maximum atomic E-state index is 12.5. The average Bonchev–Trinajstić information content (AvgIpc) is 2.76. The van der Waals surface area contributed by atoms with E-state index in [1.54, 1.807) is 0 Å². The third-order valence-electron chi connectivity index (χ3n) is 3.62. The van der Waals surface area contributed by atoms with Gasteiger partial charge in [0.25, 0.3) is 5.91 Å². The van der Waals surface area contributed by atoms with Gasteiger partial charge in [0.1, 0.15) is 0 Å². The summed E-state index contributed by atoms with van der Waals surface area (Å²) in [6.45, 7) is 1.93. The highest BCUT2D eigenvalue weighted by atomic mass is 16.2. The van der Waals surface area contributed by atoms with Crippen LogP contribution in [0.5, 0.6) is 0 Å². The zero-order valence-electron chi connectivity index (χ0n) is 11.0. The average molecular weight is 266 g/mol. The second-order valence-electron chi connectivity index (χ2n) is 4.84. The predicted octanol–water partition coefficient (Wildman–Crippen LogP) is 2.08. The van der Waals surface area contributed by atoms with Crippen molar-refractivity contribution >= 4 is 11.9 Å². The summed E-state index contributed by atoms with van der Waals surface area (Å²) in [7, 11) is 0. The number of carbonyl (C=O) groups excluding carboxylic acids is 2. The highest BCUT2D eigenvalue weighted by Crippen LogP contribution is 2.34. The Balaban J connectivity index is 2.28. The molecule has 1 fully saturated rings. The quantitative estimate of drug-likeness (QED) is 0.818. The fourth-order valence-corrected chi connectivity index (χ4v) is 2.69. The smallest absolute Gasteiger partial charge is 0.316 e. The molecule has 1 aliphatic rings. The van der Waals surface area contributed by atoms with Gasteiger partial charge in [-0.2, -0.15) is 0 Å².